The summed E-state index contributed by atoms with van der Waals surface area (Å²) in [7, 11) is 1.59. The van der Waals surface area contributed by atoms with Crippen LogP contribution in [0.3, 0.4) is 0 Å². The maximum Gasteiger partial charge on any atom is 0.224 e. The number of nitrogen functional groups attached to an aromatic ring is 1. The van der Waals surface area contributed by atoms with E-state index in [2.05, 4.69) is 25.3 Å². The van der Waals surface area contributed by atoms with Gasteiger partial charge in [0, 0.05) is 6.07 Å². The number of rotatable bonds is 3. The molecule has 0 saturated carbocycles. The first-order valence-corrected chi connectivity index (χ1v) is 6.12. The van der Waals surface area contributed by atoms with E-state index in [1.807, 2.05) is 0 Å². The number of imidazole rings is 1. The molecule has 102 valence electrons. The van der Waals surface area contributed by atoms with E-state index in [0.717, 1.165) is 0 Å². The predicted octanol–water partition coefficient (Wildman–Crippen LogP) is 2.34. The molecule has 0 aliphatic heterocycles. The van der Waals surface area contributed by atoms with Crippen molar-refractivity contribution in [3.63, 3.8) is 0 Å². The second-order valence-corrected chi connectivity index (χ2v) is 4.41. The number of benzene rings is 1. The first-order chi connectivity index (χ1) is 9.67. The number of methoxy groups -OCH3 is 1. The van der Waals surface area contributed by atoms with E-state index < -0.39 is 0 Å². The van der Waals surface area contributed by atoms with E-state index in [1.165, 1.54) is 6.33 Å². The van der Waals surface area contributed by atoms with Gasteiger partial charge in [-0.25, -0.2) is 4.98 Å². The average Bonchev–Trinajstić information content (AvgIpc) is 2.89. The second kappa shape index (κ2) is 4.86. The summed E-state index contributed by atoms with van der Waals surface area (Å²) in [5.41, 5.74) is 7.45. The molecule has 0 amide bonds. The van der Waals surface area contributed by atoms with Gasteiger partial charge in [-0.2, -0.15) is 9.97 Å². The number of aromatic nitrogens is 4. The van der Waals surface area contributed by atoms with E-state index in [1.54, 1.807) is 25.3 Å². The van der Waals surface area contributed by atoms with Crippen molar-refractivity contribution in [2.75, 3.05) is 18.2 Å². The molecule has 0 aliphatic carbocycles. The quantitative estimate of drug-likeness (QED) is 0.684. The summed E-state index contributed by atoms with van der Waals surface area (Å²) in [6, 6.07) is 5.27. The number of aromatic amines is 1. The molecule has 2 heterocycles. The molecule has 3 aromatic rings. The van der Waals surface area contributed by atoms with Crippen LogP contribution in [-0.4, -0.2) is 27.0 Å². The Labute approximate surface area is 119 Å². The maximum absolute atomic E-state index is 6.15. The fourth-order valence-corrected chi connectivity index (χ4v) is 1.96. The summed E-state index contributed by atoms with van der Waals surface area (Å²) < 4.78 is 5.17. The molecule has 20 heavy (non-hydrogen) atoms. The molecule has 2 aromatic heterocycles. The zero-order valence-corrected chi connectivity index (χ0v) is 11.3. The Hall–Kier alpha value is -2.54. The number of anilines is 3. The number of halogens is 1. The summed E-state index contributed by atoms with van der Waals surface area (Å²) in [6.07, 6.45) is 1.52. The van der Waals surface area contributed by atoms with Gasteiger partial charge in [-0.1, -0.05) is 11.6 Å². The lowest BCUT2D eigenvalue weighted by Crippen LogP contribution is -2.01. The molecule has 0 bridgehead atoms. The van der Waals surface area contributed by atoms with Crippen molar-refractivity contribution in [2.24, 2.45) is 0 Å². The van der Waals surface area contributed by atoms with Gasteiger partial charge >= 0.3 is 0 Å². The zero-order valence-electron chi connectivity index (χ0n) is 10.5. The molecule has 0 spiro atoms. The van der Waals surface area contributed by atoms with Crippen LogP contribution in [-0.2, 0) is 0 Å². The molecule has 7 nitrogen and oxygen atoms in total. The minimum absolute atomic E-state index is 0.131. The second-order valence-electron chi connectivity index (χ2n) is 4.00. The van der Waals surface area contributed by atoms with Crippen LogP contribution >= 0.6 is 11.6 Å². The van der Waals surface area contributed by atoms with Crippen molar-refractivity contribution in [2.45, 2.75) is 0 Å². The van der Waals surface area contributed by atoms with Crippen LogP contribution in [0.5, 0.6) is 5.75 Å². The molecule has 1 aromatic carbocycles. The van der Waals surface area contributed by atoms with Crippen molar-refractivity contribution in [3.8, 4) is 5.75 Å². The van der Waals surface area contributed by atoms with Crippen molar-refractivity contribution in [1.82, 2.24) is 19.9 Å². The molecular weight excluding hydrogens is 280 g/mol. The van der Waals surface area contributed by atoms with E-state index in [-0.39, 0.29) is 5.95 Å². The predicted molar refractivity (Wildman–Crippen MR) is 77.4 cm³/mol. The molecule has 3 rings (SSSR count). The Bertz CT molecular complexity index is 772. The maximum atomic E-state index is 6.15. The van der Waals surface area contributed by atoms with Crippen molar-refractivity contribution < 1.29 is 4.74 Å². The van der Waals surface area contributed by atoms with Gasteiger partial charge in [-0.15, -0.1) is 0 Å². The SMILES string of the molecule is COc1ccc(Cl)c(Nc2nc(N)nc3nc[nH]c23)c1. The highest BCUT2D eigenvalue weighted by atomic mass is 35.5. The van der Waals surface area contributed by atoms with Gasteiger partial charge in [0.05, 0.1) is 24.1 Å². The van der Waals surface area contributed by atoms with Crippen LogP contribution in [0.1, 0.15) is 0 Å². The Kier molecular flexibility index (Phi) is 3.03. The number of fused-ring (bicyclic) bond motifs is 1. The third kappa shape index (κ3) is 2.19. The number of nitrogens with one attached hydrogen (secondary N) is 2. The number of nitrogens with zero attached hydrogens (tertiary/aromatic N) is 3. The number of H-pyrrole nitrogens is 1. The molecule has 0 saturated heterocycles. The van der Waals surface area contributed by atoms with Gasteiger partial charge in [0.25, 0.3) is 0 Å². The van der Waals surface area contributed by atoms with E-state index in [9.17, 15) is 0 Å². The van der Waals surface area contributed by atoms with Crippen LogP contribution in [0.25, 0.3) is 11.2 Å². The standard InChI is InChI=1S/C12H11ClN6O/c1-20-6-2-3-7(13)8(4-6)17-11-9-10(16-5-15-9)18-12(14)19-11/h2-5H,1H3,(H4,14,15,16,17,18,19). The topological polar surface area (TPSA) is 102 Å². The molecule has 0 radical (unpaired) electrons. The summed E-state index contributed by atoms with van der Waals surface area (Å²) >= 11 is 6.15. The van der Waals surface area contributed by atoms with E-state index >= 15 is 0 Å². The van der Waals surface area contributed by atoms with Gasteiger partial charge in [0.2, 0.25) is 5.95 Å². The minimum Gasteiger partial charge on any atom is -0.497 e. The Morgan fingerprint density at radius 1 is 1.35 bits per heavy atom. The molecule has 8 heteroatoms. The van der Waals surface area contributed by atoms with E-state index in [4.69, 9.17) is 22.1 Å². The fourth-order valence-electron chi connectivity index (χ4n) is 1.80. The summed E-state index contributed by atoms with van der Waals surface area (Å²) in [5.74, 6) is 1.31. The number of hydrogen-bond donors (Lipinski definition) is 3. The van der Waals surface area contributed by atoms with Crippen molar-refractivity contribution in [1.29, 1.82) is 0 Å². The first-order valence-electron chi connectivity index (χ1n) is 5.74. The Morgan fingerprint density at radius 3 is 3.00 bits per heavy atom. The van der Waals surface area contributed by atoms with Crippen LogP contribution in [0.4, 0.5) is 17.5 Å². The largest absolute Gasteiger partial charge is 0.497 e. The van der Waals surface area contributed by atoms with Crippen LogP contribution in [0.2, 0.25) is 5.02 Å². The molecule has 0 atom stereocenters. The first kappa shape index (κ1) is 12.5. The number of hydrogen-bond acceptors (Lipinski definition) is 6. The third-order valence-electron chi connectivity index (χ3n) is 2.73. The normalized spacial score (nSPS) is 10.7. The lowest BCUT2D eigenvalue weighted by molar-refractivity contribution is 0.415. The number of nitrogens with two attached hydrogens (primary N) is 1. The van der Waals surface area contributed by atoms with Gasteiger partial charge in [-0.05, 0) is 12.1 Å². The molecule has 0 aliphatic rings. The van der Waals surface area contributed by atoms with Crippen LogP contribution in [0, 0.1) is 0 Å². The van der Waals surface area contributed by atoms with Crippen LogP contribution < -0.4 is 15.8 Å². The lowest BCUT2D eigenvalue weighted by atomic mass is 10.3. The van der Waals surface area contributed by atoms with Gasteiger partial charge < -0.3 is 20.8 Å². The van der Waals surface area contributed by atoms with Gasteiger partial charge in [0.1, 0.15) is 11.3 Å². The minimum atomic E-state index is 0.131. The average molecular weight is 291 g/mol. The van der Waals surface area contributed by atoms with Crippen LogP contribution in [0.15, 0.2) is 24.5 Å². The summed E-state index contributed by atoms with van der Waals surface area (Å²) in [5, 5.41) is 3.64. The molecule has 0 fully saturated rings. The third-order valence-corrected chi connectivity index (χ3v) is 3.06. The number of ether oxygens (including phenoxy) is 1. The fraction of sp³-hybridized carbons (Fsp3) is 0.0833. The lowest BCUT2D eigenvalue weighted by Gasteiger charge is -2.10. The highest BCUT2D eigenvalue weighted by Gasteiger charge is 2.11. The molecular formula is C12H11ClN6O. The van der Waals surface area contributed by atoms with Gasteiger partial charge in [-0.3, -0.25) is 0 Å². The Morgan fingerprint density at radius 2 is 2.20 bits per heavy atom. The smallest absolute Gasteiger partial charge is 0.224 e. The molecule has 0 unspecified atom stereocenters. The summed E-state index contributed by atoms with van der Waals surface area (Å²) in [4.78, 5) is 15.2. The Balaban J connectivity index is 2.07. The van der Waals surface area contributed by atoms with E-state index in [0.29, 0.717) is 33.4 Å². The monoisotopic (exact) mass is 290 g/mol. The van der Waals surface area contributed by atoms with Crippen molar-refractivity contribution >= 4 is 40.2 Å². The summed E-state index contributed by atoms with van der Waals surface area (Å²) in [6.45, 7) is 0. The van der Waals surface area contributed by atoms with Gasteiger partial charge in [0.15, 0.2) is 11.5 Å². The zero-order chi connectivity index (χ0) is 14.1. The molecule has 4 N–H and O–H groups in total. The van der Waals surface area contributed by atoms with Crippen molar-refractivity contribution in [3.05, 3.63) is 29.5 Å². The highest BCUT2D eigenvalue weighted by Crippen LogP contribution is 2.30. The highest BCUT2D eigenvalue weighted by molar-refractivity contribution is 6.33.